The van der Waals surface area contributed by atoms with E-state index in [2.05, 4.69) is 36.1 Å². The maximum absolute atomic E-state index is 6.36. The SMILES string of the molecule is COCC1CCN(C(C)C(N)c2ccccc2)C1. The van der Waals surface area contributed by atoms with Gasteiger partial charge in [-0.15, -0.1) is 0 Å². The number of methoxy groups -OCH3 is 1. The predicted octanol–water partition coefficient (Wildman–Crippen LogP) is 2.04. The van der Waals surface area contributed by atoms with Gasteiger partial charge in [0.25, 0.3) is 0 Å². The lowest BCUT2D eigenvalue weighted by Gasteiger charge is -2.29. The summed E-state index contributed by atoms with van der Waals surface area (Å²) in [6.07, 6.45) is 1.22. The molecule has 18 heavy (non-hydrogen) atoms. The Labute approximate surface area is 110 Å². The van der Waals surface area contributed by atoms with Crippen molar-refractivity contribution in [2.75, 3.05) is 26.8 Å². The van der Waals surface area contributed by atoms with Gasteiger partial charge in [-0.25, -0.2) is 0 Å². The summed E-state index contributed by atoms with van der Waals surface area (Å²) in [5, 5.41) is 0. The van der Waals surface area contributed by atoms with Crippen molar-refractivity contribution in [1.82, 2.24) is 4.90 Å². The van der Waals surface area contributed by atoms with Gasteiger partial charge in [0.15, 0.2) is 0 Å². The standard InChI is InChI=1S/C15H24N2O/c1-12(15(16)14-6-4-3-5-7-14)17-9-8-13(10-17)11-18-2/h3-7,12-13,15H,8-11,16H2,1-2H3. The zero-order chi connectivity index (χ0) is 13.0. The van der Waals surface area contributed by atoms with Crippen molar-refractivity contribution in [2.24, 2.45) is 11.7 Å². The molecule has 0 aliphatic carbocycles. The molecule has 1 heterocycles. The first kappa shape index (κ1) is 13.5. The molecule has 1 aliphatic heterocycles. The van der Waals surface area contributed by atoms with E-state index in [9.17, 15) is 0 Å². The molecule has 2 N–H and O–H groups in total. The van der Waals surface area contributed by atoms with E-state index in [-0.39, 0.29) is 6.04 Å². The largest absolute Gasteiger partial charge is 0.384 e. The molecule has 0 bridgehead atoms. The average molecular weight is 248 g/mol. The molecule has 0 saturated carbocycles. The molecule has 1 aromatic rings. The summed E-state index contributed by atoms with van der Waals surface area (Å²) in [6, 6.07) is 10.8. The second-order valence-corrected chi connectivity index (χ2v) is 5.28. The Morgan fingerprint density at radius 1 is 1.39 bits per heavy atom. The summed E-state index contributed by atoms with van der Waals surface area (Å²) in [5.74, 6) is 0.667. The van der Waals surface area contributed by atoms with Crippen molar-refractivity contribution in [3.8, 4) is 0 Å². The maximum Gasteiger partial charge on any atom is 0.0503 e. The summed E-state index contributed by atoms with van der Waals surface area (Å²) in [5.41, 5.74) is 7.59. The molecule has 3 atom stereocenters. The molecule has 1 aliphatic rings. The normalized spacial score (nSPS) is 24.1. The van der Waals surface area contributed by atoms with Crippen molar-refractivity contribution in [1.29, 1.82) is 0 Å². The zero-order valence-corrected chi connectivity index (χ0v) is 11.4. The third-order valence-electron chi connectivity index (χ3n) is 4.00. The van der Waals surface area contributed by atoms with E-state index < -0.39 is 0 Å². The van der Waals surface area contributed by atoms with Crippen LogP contribution in [0.1, 0.15) is 24.9 Å². The van der Waals surface area contributed by atoms with Crippen LogP contribution in [-0.4, -0.2) is 37.7 Å². The van der Waals surface area contributed by atoms with Gasteiger partial charge in [0.05, 0.1) is 6.61 Å². The Bertz CT molecular complexity index is 355. The molecule has 2 rings (SSSR count). The van der Waals surface area contributed by atoms with E-state index >= 15 is 0 Å². The van der Waals surface area contributed by atoms with Gasteiger partial charge in [-0.05, 0) is 31.4 Å². The first-order valence-corrected chi connectivity index (χ1v) is 6.76. The van der Waals surface area contributed by atoms with Crippen LogP contribution in [0.5, 0.6) is 0 Å². The number of hydrogen-bond donors (Lipinski definition) is 1. The van der Waals surface area contributed by atoms with Crippen molar-refractivity contribution in [2.45, 2.75) is 25.4 Å². The minimum absolute atomic E-state index is 0.0903. The van der Waals surface area contributed by atoms with Crippen molar-refractivity contribution in [3.05, 3.63) is 35.9 Å². The summed E-state index contributed by atoms with van der Waals surface area (Å²) in [4.78, 5) is 2.49. The quantitative estimate of drug-likeness (QED) is 0.866. The van der Waals surface area contributed by atoms with E-state index in [4.69, 9.17) is 10.5 Å². The lowest BCUT2D eigenvalue weighted by Crippen LogP contribution is -2.39. The molecule has 1 fully saturated rings. The molecular weight excluding hydrogens is 224 g/mol. The topological polar surface area (TPSA) is 38.5 Å². The molecule has 0 spiro atoms. The Balaban J connectivity index is 1.94. The molecule has 3 nitrogen and oxygen atoms in total. The van der Waals surface area contributed by atoms with Gasteiger partial charge in [0.1, 0.15) is 0 Å². The summed E-state index contributed by atoms with van der Waals surface area (Å²) < 4.78 is 5.24. The molecule has 1 aromatic carbocycles. The molecular formula is C15H24N2O. The van der Waals surface area contributed by atoms with Gasteiger partial charge in [-0.2, -0.15) is 0 Å². The highest BCUT2D eigenvalue weighted by molar-refractivity contribution is 5.20. The second-order valence-electron chi connectivity index (χ2n) is 5.28. The smallest absolute Gasteiger partial charge is 0.0503 e. The van der Waals surface area contributed by atoms with Gasteiger partial charge in [0, 0.05) is 25.7 Å². The Morgan fingerprint density at radius 2 is 2.11 bits per heavy atom. The summed E-state index contributed by atoms with van der Waals surface area (Å²) in [7, 11) is 1.78. The fraction of sp³-hybridized carbons (Fsp3) is 0.600. The molecule has 100 valence electrons. The van der Waals surface area contributed by atoms with Crippen LogP contribution in [0.25, 0.3) is 0 Å². The number of benzene rings is 1. The zero-order valence-electron chi connectivity index (χ0n) is 11.4. The number of nitrogens with zero attached hydrogens (tertiary/aromatic N) is 1. The first-order valence-electron chi connectivity index (χ1n) is 6.76. The van der Waals surface area contributed by atoms with Gasteiger partial charge in [-0.1, -0.05) is 30.3 Å². The predicted molar refractivity (Wildman–Crippen MR) is 74.4 cm³/mol. The number of likely N-dealkylation sites (tertiary alicyclic amines) is 1. The lowest BCUT2D eigenvalue weighted by molar-refractivity contribution is 0.145. The molecule has 0 aromatic heterocycles. The lowest BCUT2D eigenvalue weighted by atomic mass is 10.0. The summed E-state index contributed by atoms with van der Waals surface area (Å²) in [6.45, 7) is 5.34. The van der Waals surface area contributed by atoms with Crippen LogP contribution >= 0.6 is 0 Å². The Kier molecular flexibility index (Phi) is 4.75. The van der Waals surface area contributed by atoms with Crippen molar-refractivity contribution < 1.29 is 4.74 Å². The number of rotatable bonds is 5. The van der Waals surface area contributed by atoms with Gasteiger partial charge in [-0.3, -0.25) is 4.90 Å². The molecule has 1 saturated heterocycles. The third-order valence-corrected chi connectivity index (χ3v) is 4.00. The fourth-order valence-electron chi connectivity index (χ4n) is 2.79. The summed E-state index contributed by atoms with van der Waals surface area (Å²) >= 11 is 0. The first-order chi connectivity index (χ1) is 8.72. The van der Waals surface area contributed by atoms with Gasteiger partial charge >= 0.3 is 0 Å². The van der Waals surface area contributed by atoms with Gasteiger partial charge in [0.2, 0.25) is 0 Å². The van der Waals surface area contributed by atoms with E-state index in [1.54, 1.807) is 7.11 Å². The highest BCUT2D eigenvalue weighted by atomic mass is 16.5. The maximum atomic E-state index is 6.36. The van der Waals surface area contributed by atoms with Crippen LogP contribution in [0.3, 0.4) is 0 Å². The van der Waals surface area contributed by atoms with E-state index in [1.165, 1.54) is 12.0 Å². The highest BCUT2D eigenvalue weighted by Gasteiger charge is 2.29. The van der Waals surface area contributed by atoms with Crippen LogP contribution in [0.4, 0.5) is 0 Å². The second kappa shape index (κ2) is 6.32. The molecule has 0 radical (unpaired) electrons. The fourth-order valence-corrected chi connectivity index (χ4v) is 2.79. The van der Waals surface area contributed by atoms with E-state index in [0.29, 0.717) is 12.0 Å². The molecule has 0 amide bonds. The van der Waals surface area contributed by atoms with E-state index in [1.807, 2.05) is 6.07 Å². The number of ether oxygens (including phenoxy) is 1. The highest BCUT2D eigenvalue weighted by Crippen LogP contribution is 2.24. The Morgan fingerprint density at radius 3 is 2.78 bits per heavy atom. The minimum Gasteiger partial charge on any atom is -0.384 e. The minimum atomic E-state index is 0.0903. The monoisotopic (exact) mass is 248 g/mol. The number of hydrogen-bond acceptors (Lipinski definition) is 3. The molecule has 3 heteroatoms. The van der Waals surface area contributed by atoms with Crippen molar-refractivity contribution in [3.63, 3.8) is 0 Å². The van der Waals surface area contributed by atoms with Crippen LogP contribution < -0.4 is 5.73 Å². The van der Waals surface area contributed by atoms with Crippen LogP contribution in [0, 0.1) is 5.92 Å². The average Bonchev–Trinajstić information content (AvgIpc) is 2.87. The van der Waals surface area contributed by atoms with E-state index in [0.717, 1.165) is 19.7 Å². The van der Waals surface area contributed by atoms with Crippen LogP contribution in [-0.2, 0) is 4.74 Å². The van der Waals surface area contributed by atoms with Crippen LogP contribution in [0.2, 0.25) is 0 Å². The van der Waals surface area contributed by atoms with Crippen LogP contribution in [0.15, 0.2) is 30.3 Å². The molecule has 3 unspecified atom stereocenters. The van der Waals surface area contributed by atoms with Gasteiger partial charge < -0.3 is 10.5 Å². The van der Waals surface area contributed by atoms with Crippen molar-refractivity contribution >= 4 is 0 Å². The third kappa shape index (κ3) is 3.10. The Hall–Kier alpha value is -0.900. The number of nitrogens with two attached hydrogens (primary N) is 1.